The van der Waals surface area contributed by atoms with Gasteiger partial charge in [0.05, 0.1) is 0 Å². The van der Waals surface area contributed by atoms with Crippen LogP contribution in [0.4, 0.5) is 0 Å². The Kier molecular flexibility index (Phi) is 2.49. The van der Waals surface area contributed by atoms with Crippen molar-refractivity contribution in [3.63, 3.8) is 0 Å². The lowest BCUT2D eigenvalue weighted by atomic mass is 10.1. The van der Waals surface area contributed by atoms with Gasteiger partial charge in [-0.15, -0.1) is 0 Å². The molecule has 0 bridgehead atoms. The third-order valence-electron chi connectivity index (χ3n) is 2.48. The molecule has 0 N–H and O–H groups in total. The summed E-state index contributed by atoms with van der Waals surface area (Å²) in [5.74, 6) is 5.46. The first-order valence-corrected chi connectivity index (χ1v) is 6.30. The molecule has 0 radical (unpaired) electrons. The molecule has 13 heavy (non-hydrogen) atoms. The van der Waals surface area contributed by atoms with Gasteiger partial charge >= 0.3 is 0 Å². The number of hydrogen-bond donors (Lipinski definition) is 0. The highest BCUT2D eigenvalue weighted by Gasteiger charge is 2.10. The number of aryl methyl sites for hydroxylation is 2. The first-order chi connectivity index (χ1) is 6.27. The molecule has 2 heteroatoms. The van der Waals surface area contributed by atoms with E-state index in [9.17, 15) is 0 Å². The highest BCUT2D eigenvalue weighted by Crippen LogP contribution is 2.32. The molecule has 1 aliphatic heterocycles. The maximum Gasteiger partial charge on any atom is 0.0404 e. The molecular weight excluding hydrogens is 178 g/mol. The average molecular weight is 193 g/mol. The predicted molar refractivity (Wildman–Crippen MR) is 59.8 cm³/mol. The van der Waals surface area contributed by atoms with Crippen molar-refractivity contribution in [1.29, 1.82) is 0 Å². The summed E-state index contributed by atoms with van der Waals surface area (Å²) in [6.07, 6.45) is 5.89. The molecule has 1 unspecified atom stereocenters. The van der Waals surface area contributed by atoms with Crippen molar-refractivity contribution < 1.29 is 0 Å². The van der Waals surface area contributed by atoms with E-state index in [1.165, 1.54) is 35.5 Å². The molecular formula is C11H15NS. The Labute approximate surface area is 82.1 Å². The Balaban J connectivity index is 2.48. The molecule has 0 amide bonds. The lowest BCUT2D eigenvalue weighted by Gasteiger charge is -2.08. The summed E-state index contributed by atoms with van der Waals surface area (Å²) in [4.78, 5) is 5.76. The predicted octanol–water partition coefficient (Wildman–Crippen LogP) is 2.79. The lowest BCUT2D eigenvalue weighted by Crippen LogP contribution is -1.90. The maximum atomic E-state index is 4.35. The zero-order valence-corrected chi connectivity index (χ0v) is 8.86. The van der Waals surface area contributed by atoms with Crippen molar-refractivity contribution in [3.8, 4) is 0 Å². The number of aromatic nitrogens is 1. The second-order valence-corrected chi connectivity index (χ2v) is 5.42. The van der Waals surface area contributed by atoms with Gasteiger partial charge in [0.2, 0.25) is 0 Å². The van der Waals surface area contributed by atoms with Gasteiger partial charge in [0.25, 0.3) is 0 Å². The van der Waals surface area contributed by atoms with Gasteiger partial charge in [-0.05, 0) is 43.6 Å². The van der Waals surface area contributed by atoms with E-state index in [0.717, 1.165) is 5.69 Å². The van der Waals surface area contributed by atoms with Crippen LogP contribution in [0.15, 0.2) is 17.2 Å². The smallest absolute Gasteiger partial charge is 0.0404 e. The minimum Gasteiger partial charge on any atom is -0.260 e. The maximum absolute atomic E-state index is 4.35. The van der Waals surface area contributed by atoms with Gasteiger partial charge in [0, 0.05) is 16.8 Å². The third kappa shape index (κ3) is 1.83. The van der Waals surface area contributed by atoms with E-state index in [2.05, 4.69) is 23.8 Å². The minimum absolute atomic E-state index is 0.197. The SMILES string of the molecule is C=S1CCCCc2cc(C)ncc21. The van der Waals surface area contributed by atoms with Crippen molar-refractivity contribution in [2.24, 2.45) is 0 Å². The molecule has 0 saturated heterocycles. The molecule has 2 rings (SSSR count). The van der Waals surface area contributed by atoms with E-state index < -0.39 is 0 Å². The monoisotopic (exact) mass is 193 g/mol. The molecule has 0 spiro atoms. The first kappa shape index (κ1) is 8.95. The molecule has 0 aliphatic carbocycles. The van der Waals surface area contributed by atoms with Crippen LogP contribution in [0, 0.1) is 6.92 Å². The van der Waals surface area contributed by atoms with Gasteiger partial charge < -0.3 is 0 Å². The minimum atomic E-state index is 0.197. The largest absolute Gasteiger partial charge is 0.260 e. The Morgan fingerprint density at radius 3 is 3.15 bits per heavy atom. The summed E-state index contributed by atoms with van der Waals surface area (Å²) >= 11 is 0. The molecule has 0 aromatic carbocycles. The third-order valence-corrected chi connectivity index (χ3v) is 4.25. The second kappa shape index (κ2) is 3.62. The van der Waals surface area contributed by atoms with E-state index in [0.29, 0.717) is 0 Å². The zero-order chi connectivity index (χ0) is 9.26. The number of pyridine rings is 1. The molecule has 70 valence electrons. The van der Waals surface area contributed by atoms with Crippen LogP contribution < -0.4 is 0 Å². The lowest BCUT2D eigenvalue weighted by molar-refractivity contribution is 0.800. The summed E-state index contributed by atoms with van der Waals surface area (Å²) in [6, 6.07) is 2.23. The van der Waals surface area contributed by atoms with Gasteiger partial charge in [-0.3, -0.25) is 4.98 Å². The van der Waals surface area contributed by atoms with Gasteiger partial charge in [-0.25, -0.2) is 0 Å². The standard InChI is InChI=1S/C11H15NS/c1-9-7-10-5-3-4-6-13(2)11(10)8-12-9/h7-8H,2-6H2,1H3. The highest BCUT2D eigenvalue weighted by atomic mass is 32.2. The van der Waals surface area contributed by atoms with Crippen LogP contribution in [0.3, 0.4) is 0 Å². The van der Waals surface area contributed by atoms with Crippen LogP contribution in [-0.2, 0) is 6.42 Å². The Morgan fingerprint density at radius 1 is 1.46 bits per heavy atom. The van der Waals surface area contributed by atoms with E-state index in [-0.39, 0.29) is 10.5 Å². The van der Waals surface area contributed by atoms with E-state index in [1.807, 2.05) is 6.20 Å². The fourth-order valence-corrected chi connectivity index (χ4v) is 3.27. The van der Waals surface area contributed by atoms with Gasteiger partial charge in [0.1, 0.15) is 0 Å². The van der Waals surface area contributed by atoms with Crippen molar-refractivity contribution in [1.82, 2.24) is 4.98 Å². The van der Waals surface area contributed by atoms with Crippen LogP contribution in [0.2, 0.25) is 0 Å². The quantitative estimate of drug-likeness (QED) is 0.577. The summed E-state index contributed by atoms with van der Waals surface area (Å²) in [5.41, 5.74) is 2.63. The topological polar surface area (TPSA) is 12.9 Å². The second-order valence-electron chi connectivity index (χ2n) is 3.59. The Bertz CT molecular complexity index is 344. The van der Waals surface area contributed by atoms with E-state index >= 15 is 0 Å². The first-order valence-electron chi connectivity index (χ1n) is 4.73. The summed E-state index contributed by atoms with van der Waals surface area (Å²) in [6.45, 7) is 2.06. The van der Waals surface area contributed by atoms with Crippen LogP contribution in [0.25, 0.3) is 0 Å². The van der Waals surface area contributed by atoms with Crippen LogP contribution >= 0.6 is 10.5 Å². The highest BCUT2D eigenvalue weighted by molar-refractivity contribution is 8.14. The number of rotatable bonds is 0. The molecule has 1 aromatic heterocycles. The molecule has 1 aromatic rings. The molecule has 2 heterocycles. The van der Waals surface area contributed by atoms with Crippen molar-refractivity contribution in [3.05, 3.63) is 23.5 Å². The summed E-state index contributed by atoms with van der Waals surface area (Å²) < 4.78 is 0. The number of fused-ring (bicyclic) bond motifs is 1. The van der Waals surface area contributed by atoms with Crippen molar-refractivity contribution in [2.45, 2.75) is 31.1 Å². The molecule has 0 fully saturated rings. The summed E-state index contributed by atoms with van der Waals surface area (Å²) in [7, 11) is 0.197. The fourth-order valence-electron chi connectivity index (χ4n) is 1.76. The van der Waals surface area contributed by atoms with Crippen LogP contribution in [-0.4, -0.2) is 16.6 Å². The molecule has 1 nitrogen and oxygen atoms in total. The number of hydrogen-bond acceptors (Lipinski definition) is 1. The zero-order valence-electron chi connectivity index (χ0n) is 8.05. The van der Waals surface area contributed by atoms with Crippen LogP contribution in [0.5, 0.6) is 0 Å². The van der Waals surface area contributed by atoms with Crippen LogP contribution in [0.1, 0.15) is 24.1 Å². The molecule has 1 aliphatic rings. The Hall–Kier alpha value is -0.630. The summed E-state index contributed by atoms with van der Waals surface area (Å²) in [5, 5.41) is 0. The fraction of sp³-hybridized carbons (Fsp3) is 0.455. The molecule has 1 atom stereocenters. The number of nitrogens with zero attached hydrogens (tertiary/aromatic N) is 1. The average Bonchev–Trinajstić information content (AvgIpc) is 2.28. The van der Waals surface area contributed by atoms with Gasteiger partial charge in [0.15, 0.2) is 0 Å². The van der Waals surface area contributed by atoms with Crippen molar-refractivity contribution in [2.75, 3.05) is 5.75 Å². The van der Waals surface area contributed by atoms with Crippen molar-refractivity contribution >= 4 is 16.4 Å². The normalized spacial score (nSPS) is 22.1. The van der Waals surface area contributed by atoms with E-state index in [4.69, 9.17) is 0 Å². The van der Waals surface area contributed by atoms with Gasteiger partial charge in [-0.2, -0.15) is 10.5 Å². The Morgan fingerprint density at radius 2 is 2.31 bits per heavy atom. The molecule has 0 saturated carbocycles. The van der Waals surface area contributed by atoms with Gasteiger partial charge in [-0.1, -0.05) is 5.87 Å². The van der Waals surface area contributed by atoms with E-state index in [1.54, 1.807) is 0 Å².